The number of nitrogens with two attached hydrogens (primary N) is 9. The fourth-order valence-corrected chi connectivity index (χ4v) is 6.02. The van der Waals surface area contributed by atoms with Gasteiger partial charge in [0.05, 0.1) is 6.04 Å². The van der Waals surface area contributed by atoms with Gasteiger partial charge in [-0.25, -0.2) is 4.79 Å². The van der Waals surface area contributed by atoms with E-state index >= 15 is 0 Å². The summed E-state index contributed by atoms with van der Waals surface area (Å²) in [6, 6.07) is -9.05. The number of carboxylic acids is 2. The van der Waals surface area contributed by atoms with Crippen LogP contribution in [0.1, 0.15) is 96.8 Å². The highest BCUT2D eigenvalue weighted by atomic mass is 16.4. The molecule has 0 saturated heterocycles. The zero-order valence-electron chi connectivity index (χ0n) is 37.7. The Labute approximate surface area is 383 Å². The van der Waals surface area contributed by atoms with E-state index in [9.17, 15) is 43.5 Å². The van der Waals surface area contributed by atoms with Gasteiger partial charge in [-0.05, 0) is 103 Å². The largest absolute Gasteiger partial charge is 0.481 e. The van der Waals surface area contributed by atoms with Gasteiger partial charge in [-0.2, -0.15) is 0 Å². The molecule has 0 heterocycles. The summed E-state index contributed by atoms with van der Waals surface area (Å²) >= 11 is 0. The summed E-state index contributed by atoms with van der Waals surface area (Å²) in [5.41, 5.74) is 49.8. The number of aliphatic carboxylic acids is 2. The molecule has 28 nitrogen and oxygen atoms in total. The molecule has 28 heteroatoms. The van der Waals surface area contributed by atoms with Gasteiger partial charge in [-0.3, -0.25) is 48.5 Å². The summed E-state index contributed by atoms with van der Waals surface area (Å²) in [5, 5.41) is 33.8. The molecule has 0 aliphatic rings. The smallest absolute Gasteiger partial charge is 0.326 e. The van der Waals surface area contributed by atoms with Crippen LogP contribution in [0.3, 0.4) is 0 Å². The first-order chi connectivity index (χ1) is 31.1. The lowest BCUT2D eigenvalue weighted by Crippen LogP contribution is -2.59. The minimum Gasteiger partial charge on any atom is -0.481 e. The summed E-state index contributed by atoms with van der Waals surface area (Å²) in [6.45, 7) is 2.22. The minimum absolute atomic E-state index is 0.00250. The molecule has 0 aliphatic carbocycles. The van der Waals surface area contributed by atoms with Crippen molar-refractivity contribution in [2.24, 2.45) is 66.6 Å². The fraction of sp³-hybridized carbons (Fsp3) is 0.711. The maximum absolute atomic E-state index is 13.8. The number of guanidine groups is 3. The number of carboxylic acid groups (broad SMARTS) is 2. The van der Waals surface area contributed by atoms with E-state index in [1.807, 2.05) is 0 Å². The van der Waals surface area contributed by atoms with Crippen molar-refractivity contribution in [2.75, 3.05) is 32.7 Å². The molecule has 0 aliphatic heterocycles. The molecule has 0 unspecified atom stereocenters. The quantitative estimate of drug-likeness (QED) is 0.0158. The Morgan fingerprint density at radius 1 is 0.439 bits per heavy atom. The van der Waals surface area contributed by atoms with Crippen molar-refractivity contribution in [3.63, 3.8) is 0 Å². The van der Waals surface area contributed by atoms with Crippen LogP contribution in [-0.4, -0.2) is 150 Å². The van der Waals surface area contributed by atoms with Gasteiger partial charge in [-0.15, -0.1) is 0 Å². The number of aliphatic imine (C=N–C) groups is 3. The molecule has 26 N–H and O–H groups in total. The lowest BCUT2D eigenvalue weighted by molar-refractivity contribution is -0.143. The molecule has 0 aromatic carbocycles. The molecule has 376 valence electrons. The van der Waals surface area contributed by atoms with E-state index in [1.54, 1.807) is 0 Å². The lowest BCUT2D eigenvalue weighted by Gasteiger charge is -2.27. The van der Waals surface area contributed by atoms with Crippen LogP contribution in [0.15, 0.2) is 15.0 Å². The Morgan fingerprint density at radius 3 is 1.14 bits per heavy atom. The number of carbonyl (C=O) groups excluding carboxylic acids is 6. The topological polar surface area (TPSA) is 520 Å². The van der Waals surface area contributed by atoms with Gasteiger partial charge in [0.2, 0.25) is 35.4 Å². The van der Waals surface area contributed by atoms with Crippen LogP contribution in [0, 0.1) is 0 Å². The number of hydrogen-bond donors (Lipinski definition) is 17. The van der Waals surface area contributed by atoms with E-state index in [0.29, 0.717) is 38.6 Å². The number of hydrogen-bond acceptors (Lipinski definition) is 14. The van der Waals surface area contributed by atoms with Crippen LogP contribution < -0.4 is 83.5 Å². The van der Waals surface area contributed by atoms with E-state index in [0.717, 1.165) is 0 Å². The zero-order valence-corrected chi connectivity index (χ0v) is 37.7. The van der Waals surface area contributed by atoms with Crippen molar-refractivity contribution in [3.05, 3.63) is 0 Å². The third-order valence-corrected chi connectivity index (χ3v) is 9.63. The van der Waals surface area contributed by atoms with Crippen molar-refractivity contribution in [1.82, 2.24) is 31.9 Å². The Kier molecular flexibility index (Phi) is 30.5. The van der Waals surface area contributed by atoms with E-state index in [1.165, 1.54) is 6.92 Å². The average molecular weight is 943 g/mol. The van der Waals surface area contributed by atoms with Gasteiger partial charge >= 0.3 is 11.9 Å². The first-order valence-corrected chi connectivity index (χ1v) is 21.7. The number of amides is 6. The van der Waals surface area contributed by atoms with Crippen molar-refractivity contribution in [1.29, 1.82) is 0 Å². The van der Waals surface area contributed by atoms with Crippen LogP contribution in [0.4, 0.5) is 0 Å². The number of carbonyl (C=O) groups is 8. The molecule has 6 amide bonds. The van der Waals surface area contributed by atoms with Crippen LogP contribution >= 0.6 is 0 Å². The first-order valence-electron chi connectivity index (χ1n) is 21.7. The Hall–Kier alpha value is -6.55. The molecule has 0 bridgehead atoms. The molecule has 0 aromatic rings. The second-order valence-corrected chi connectivity index (χ2v) is 15.3. The van der Waals surface area contributed by atoms with Gasteiger partial charge in [0.1, 0.15) is 36.3 Å². The van der Waals surface area contributed by atoms with Gasteiger partial charge in [0.25, 0.3) is 0 Å². The fourth-order valence-electron chi connectivity index (χ4n) is 6.02. The van der Waals surface area contributed by atoms with Crippen molar-refractivity contribution >= 4 is 65.3 Å². The van der Waals surface area contributed by atoms with Crippen LogP contribution in [0.2, 0.25) is 0 Å². The van der Waals surface area contributed by atoms with Crippen molar-refractivity contribution < 1.29 is 48.6 Å². The first kappa shape index (κ1) is 59.4. The molecule has 7 atom stereocenters. The van der Waals surface area contributed by atoms with Gasteiger partial charge in [0.15, 0.2) is 17.9 Å². The molecular weight excluding hydrogens is 869 g/mol. The molecule has 0 rings (SSSR count). The molecular formula is C38H74N18O10. The minimum atomic E-state index is -1.58. The van der Waals surface area contributed by atoms with Gasteiger partial charge in [0, 0.05) is 26.1 Å². The number of rotatable bonds is 36. The highest BCUT2D eigenvalue weighted by molar-refractivity contribution is 5.97. The monoisotopic (exact) mass is 943 g/mol. The zero-order chi connectivity index (χ0) is 50.2. The molecule has 0 saturated carbocycles. The third-order valence-electron chi connectivity index (χ3n) is 9.63. The highest BCUT2D eigenvalue weighted by Crippen LogP contribution is 2.09. The van der Waals surface area contributed by atoms with E-state index in [2.05, 4.69) is 46.9 Å². The Bertz CT molecular complexity index is 1650. The van der Waals surface area contributed by atoms with E-state index < -0.39 is 103 Å². The maximum Gasteiger partial charge on any atom is 0.326 e. The van der Waals surface area contributed by atoms with Crippen LogP contribution in [0.5, 0.6) is 0 Å². The summed E-state index contributed by atoms with van der Waals surface area (Å²) in [5.74, 6) is -8.15. The second kappa shape index (κ2) is 33.9. The summed E-state index contributed by atoms with van der Waals surface area (Å²) in [6.07, 6.45) is 1.67. The number of unbranched alkanes of at least 4 members (excludes halogenated alkanes) is 2. The number of nitrogens with one attached hydrogen (secondary N) is 6. The Morgan fingerprint density at radius 2 is 0.773 bits per heavy atom. The molecule has 0 fully saturated rings. The number of nitrogens with zero attached hydrogens (tertiary/aromatic N) is 3. The van der Waals surface area contributed by atoms with Crippen molar-refractivity contribution in [2.45, 2.75) is 139 Å². The third kappa shape index (κ3) is 27.6. The lowest BCUT2D eigenvalue weighted by atomic mass is 10.0. The van der Waals surface area contributed by atoms with Gasteiger partial charge < -0.3 is 93.7 Å². The molecule has 66 heavy (non-hydrogen) atoms. The van der Waals surface area contributed by atoms with Crippen molar-refractivity contribution in [3.8, 4) is 0 Å². The maximum atomic E-state index is 13.8. The molecule has 0 spiro atoms. The van der Waals surface area contributed by atoms with E-state index in [-0.39, 0.29) is 89.0 Å². The Balaban J connectivity index is 6.39. The SMILES string of the molecule is C[C@H](NC(=O)[C@H](CCCN=C(N)N)NC(=O)[C@H](CCCCN)NC(=O)[C@@H](N)CCCN=C(N)N)C(=O)N[C@@H](CCCN=C(N)N)C(=O)N[C@H](CCCCN)C(=O)N[C@@H](CCC(=O)O)C(=O)O. The average Bonchev–Trinajstić information content (AvgIpc) is 3.24. The van der Waals surface area contributed by atoms with Gasteiger partial charge in [-0.1, -0.05) is 0 Å². The predicted octanol–water partition coefficient (Wildman–Crippen LogP) is -6.39. The van der Waals surface area contributed by atoms with Crippen LogP contribution in [0.25, 0.3) is 0 Å². The summed E-state index contributed by atoms with van der Waals surface area (Å²) in [4.78, 5) is 116. The normalized spacial score (nSPS) is 13.9. The molecule has 0 aromatic heterocycles. The summed E-state index contributed by atoms with van der Waals surface area (Å²) in [7, 11) is 0. The van der Waals surface area contributed by atoms with E-state index in [4.69, 9.17) is 56.7 Å². The predicted molar refractivity (Wildman–Crippen MR) is 245 cm³/mol. The summed E-state index contributed by atoms with van der Waals surface area (Å²) < 4.78 is 0. The highest BCUT2D eigenvalue weighted by Gasteiger charge is 2.32. The standard InChI is InChI=1S/C38H74N18O10/c1-21(29(59)52-26(13-8-20-50-38(46)47)33(63)54-24(11-3-5-17-40)34(64)56-27(35(65)66)14-15-28(57)58)51-31(61)25(12-7-19-49-37(44)45)55-32(62)23(10-2-4-16-39)53-30(60)22(41)9-6-18-48-36(42)43/h21-27H,2-20,39-41H2,1H3,(H,51,61)(H,52,59)(H,53,60)(H,54,63)(H,55,62)(H,56,64)(H,57,58)(H,65,66)(H4,42,43,48)(H4,44,45,49)(H4,46,47,50)/t21-,22-,23-,24+,25-,26-,27-/m0/s1. The van der Waals surface area contributed by atoms with Crippen LogP contribution in [-0.2, 0) is 38.4 Å². The molecule has 0 radical (unpaired) electrons. The second-order valence-electron chi connectivity index (χ2n) is 15.3.